The van der Waals surface area contributed by atoms with Gasteiger partial charge >= 0.3 is 11.9 Å². The predicted octanol–water partition coefficient (Wildman–Crippen LogP) is 3.20. The molecule has 0 N–H and O–H groups in total. The van der Waals surface area contributed by atoms with E-state index in [9.17, 15) is 9.59 Å². The molecule has 0 saturated heterocycles. The Balaban J connectivity index is 2.99. The Morgan fingerprint density at radius 3 is 2.33 bits per heavy atom. The van der Waals surface area contributed by atoms with Crippen molar-refractivity contribution in [3.05, 3.63) is 37.0 Å². The molecular weight excluding hydrogens is 268 g/mol. The molecule has 0 radical (unpaired) electrons. The zero-order valence-corrected chi connectivity index (χ0v) is 12.9. The van der Waals surface area contributed by atoms with Crippen molar-refractivity contribution in [2.45, 2.75) is 33.1 Å². The summed E-state index contributed by atoms with van der Waals surface area (Å²) in [5, 5.41) is 0. The SMILES string of the molecule is C=CC/C=C/C1CC(C(=O)OCC)(C(=O)OCC)CC1=C. The second kappa shape index (κ2) is 7.81. The van der Waals surface area contributed by atoms with E-state index in [2.05, 4.69) is 13.2 Å². The summed E-state index contributed by atoms with van der Waals surface area (Å²) in [6.07, 6.45) is 7.12. The van der Waals surface area contributed by atoms with Crippen molar-refractivity contribution in [3.8, 4) is 0 Å². The molecule has 21 heavy (non-hydrogen) atoms. The van der Waals surface area contributed by atoms with E-state index in [1.807, 2.05) is 12.2 Å². The van der Waals surface area contributed by atoms with E-state index in [4.69, 9.17) is 9.47 Å². The Hall–Kier alpha value is -1.84. The third-order valence-corrected chi connectivity index (χ3v) is 3.63. The number of hydrogen-bond donors (Lipinski definition) is 0. The van der Waals surface area contributed by atoms with E-state index < -0.39 is 17.4 Å². The number of esters is 2. The van der Waals surface area contributed by atoms with Crippen molar-refractivity contribution in [1.29, 1.82) is 0 Å². The number of rotatable bonds is 7. The summed E-state index contributed by atoms with van der Waals surface area (Å²) < 4.78 is 10.2. The van der Waals surface area contributed by atoms with Gasteiger partial charge in [0, 0.05) is 0 Å². The first-order valence-electron chi connectivity index (χ1n) is 7.31. The Bertz CT molecular complexity index is 430. The molecule has 0 bridgehead atoms. The summed E-state index contributed by atoms with van der Waals surface area (Å²) in [5.74, 6) is -1.03. The van der Waals surface area contributed by atoms with Gasteiger partial charge < -0.3 is 9.47 Å². The molecule has 1 rings (SSSR count). The van der Waals surface area contributed by atoms with Crippen LogP contribution in [0.1, 0.15) is 33.1 Å². The minimum atomic E-state index is -1.24. The first-order chi connectivity index (χ1) is 10.0. The number of hydrogen-bond acceptors (Lipinski definition) is 4. The molecule has 0 aliphatic heterocycles. The van der Waals surface area contributed by atoms with Gasteiger partial charge in [-0.25, -0.2) is 0 Å². The molecule has 0 aromatic rings. The summed E-state index contributed by atoms with van der Waals surface area (Å²) in [4.78, 5) is 24.6. The molecule has 1 unspecified atom stereocenters. The summed E-state index contributed by atoms with van der Waals surface area (Å²) in [7, 11) is 0. The minimum Gasteiger partial charge on any atom is -0.465 e. The van der Waals surface area contributed by atoms with Crippen molar-refractivity contribution in [3.63, 3.8) is 0 Å². The lowest BCUT2D eigenvalue weighted by Crippen LogP contribution is -2.40. The fourth-order valence-electron chi connectivity index (χ4n) is 2.59. The highest BCUT2D eigenvalue weighted by atomic mass is 16.6. The van der Waals surface area contributed by atoms with Gasteiger partial charge in [0.05, 0.1) is 13.2 Å². The van der Waals surface area contributed by atoms with Gasteiger partial charge in [-0.05, 0) is 39.0 Å². The number of allylic oxidation sites excluding steroid dienone is 4. The van der Waals surface area contributed by atoms with E-state index in [-0.39, 0.29) is 25.6 Å². The highest BCUT2D eigenvalue weighted by Crippen LogP contribution is 2.47. The molecule has 4 heteroatoms. The van der Waals surface area contributed by atoms with Gasteiger partial charge in [0.15, 0.2) is 5.41 Å². The maximum Gasteiger partial charge on any atom is 0.323 e. The maximum absolute atomic E-state index is 12.3. The first kappa shape index (κ1) is 17.2. The van der Waals surface area contributed by atoms with E-state index >= 15 is 0 Å². The normalized spacial score (nSPS) is 20.5. The van der Waals surface area contributed by atoms with Gasteiger partial charge in [-0.1, -0.05) is 30.4 Å². The van der Waals surface area contributed by atoms with Crippen LogP contribution < -0.4 is 0 Å². The lowest BCUT2D eigenvalue weighted by atomic mass is 9.85. The van der Waals surface area contributed by atoms with Crippen molar-refractivity contribution in [1.82, 2.24) is 0 Å². The molecule has 0 aromatic carbocycles. The van der Waals surface area contributed by atoms with E-state index in [0.717, 1.165) is 12.0 Å². The zero-order valence-electron chi connectivity index (χ0n) is 12.9. The van der Waals surface area contributed by atoms with Crippen molar-refractivity contribution < 1.29 is 19.1 Å². The van der Waals surface area contributed by atoms with E-state index in [0.29, 0.717) is 6.42 Å². The fraction of sp³-hybridized carbons (Fsp3) is 0.529. The van der Waals surface area contributed by atoms with Crippen LogP contribution in [0.3, 0.4) is 0 Å². The average Bonchev–Trinajstić information content (AvgIpc) is 2.78. The van der Waals surface area contributed by atoms with Crippen molar-refractivity contribution in [2.75, 3.05) is 13.2 Å². The van der Waals surface area contributed by atoms with Crippen LogP contribution in [0.2, 0.25) is 0 Å². The minimum absolute atomic E-state index is 0.0150. The van der Waals surface area contributed by atoms with Crippen LogP contribution in [0, 0.1) is 11.3 Å². The maximum atomic E-state index is 12.3. The third-order valence-electron chi connectivity index (χ3n) is 3.63. The molecular formula is C17H24O4. The highest BCUT2D eigenvalue weighted by molar-refractivity contribution is 6.01. The predicted molar refractivity (Wildman–Crippen MR) is 81.5 cm³/mol. The number of ether oxygens (including phenoxy) is 2. The van der Waals surface area contributed by atoms with Crippen LogP contribution in [-0.2, 0) is 19.1 Å². The van der Waals surface area contributed by atoms with Gasteiger partial charge in [0.2, 0.25) is 0 Å². The monoisotopic (exact) mass is 292 g/mol. The smallest absolute Gasteiger partial charge is 0.323 e. The van der Waals surface area contributed by atoms with Gasteiger partial charge in [0.1, 0.15) is 0 Å². The number of carbonyl (C=O) groups is 2. The molecule has 0 aromatic heterocycles. The zero-order chi connectivity index (χ0) is 15.9. The topological polar surface area (TPSA) is 52.6 Å². The number of carbonyl (C=O) groups excluding carboxylic acids is 2. The van der Waals surface area contributed by atoms with Crippen LogP contribution >= 0.6 is 0 Å². The lowest BCUT2D eigenvalue weighted by molar-refractivity contribution is -0.171. The Kier molecular flexibility index (Phi) is 6.40. The quantitative estimate of drug-likeness (QED) is 0.411. The highest BCUT2D eigenvalue weighted by Gasteiger charge is 2.54. The van der Waals surface area contributed by atoms with Crippen LogP contribution in [0.4, 0.5) is 0 Å². The van der Waals surface area contributed by atoms with Gasteiger partial charge in [0.25, 0.3) is 0 Å². The van der Waals surface area contributed by atoms with Crippen molar-refractivity contribution in [2.24, 2.45) is 11.3 Å². The average molecular weight is 292 g/mol. The molecule has 1 saturated carbocycles. The summed E-state index contributed by atoms with van der Waals surface area (Å²) in [5.41, 5.74) is -0.386. The first-order valence-corrected chi connectivity index (χ1v) is 7.31. The van der Waals surface area contributed by atoms with Crippen molar-refractivity contribution >= 4 is 11.9 Å². The fourth-order valence-corrected chi connectivity index (χ4v) is 2.59. The Labute approximate surface area is 126 Å². The summed E-state index contributed by atoms with van der Waals surface area (Å²) >= 11 is 0. The second-order valence-electron chi connectivity index (χ2n) is 5.12. The third kappa shape index (κ3) is 3.84. The van der Waals surface area contributed by atoms with Crippen LogP contribution in [0.25, 0.3) is 0 Å². The summed E-state index contributed by atoms with van der Waals surface area (Å²) in [6, 6.07) is 0. The molecule has 4 nitrogen and oxygen atoms in total. The van der Waals surface area contributed by atoms with E-state index in [1.165, 1.54) is 0 Å². The second-order valence-corrected chi connectivity index (χ2v) is 5.12. The van der Waals surface area contributed by atoms with E-state index in [1.54, 1.807) is 19.9 Å². The molecule has 1 aliphatic carbocycles. The largest absolute Gasteiger partial charge is 0.465 e. The molecule has 1 aliphatic rings. The molecule has 0 heterocycles. The standard InChI is InChI=1S/C17H24O4/c1-5-8-9-10-14-12-17(11-13(14)4,15(18)20-6-2)16(19)21-7-3/h5,9-10,14H,1,4,6-8,11-12H2,2-3H3/b10-9+. The lowest BCUT2D eigenvalue weighted by Gasteiger charge is -2.24. The van der Waals surface area contributed by atoms with Gasteiger partial charge in [-0.15, -0.1) is 6.58 Å². The van der Waals surface area contributed by atoms with Gasteiger partial charge in [-0.2, -0.15) is 0 Å². The molecule has 1 fully saturated rings. The molecule has 1 atom stereocenters. The van der Waals surface area contributed by atoms with Crippen LogP contribution in [0.15, 0.2) is 37.0 Å². The Morgan fingerprint density at radius 2 is 1.86 bits per heavy atom. The summed E-state index contributed by atoms with van der Waals surface area (Å²) in [6.45, 7) is 11.6. The molecule has 0 spiro atoms. The Morgan fingerprint density at radius 1 is 1.29 bits per heavy atom. The molecule has 0 amide bonds. The molecule has 116 valence electrons. The van der Waals surface area contributed by atoms with Crippen LogP contribution in [0.5, 0.6) is 0 Å². The van der Waals surface area contributed by atoms with Gasteiger partial charge in [-0.3, -0.25) is 9.59 Å². The van der Waals surface area contributed by atoms with Crippen LogP contribution in [-0.4, -0.2) is 25.2 Å².